The summed E-state index contributed by atoms with van der Waals surface area (Å²) in [7, 11) is 12.2. The lowest BCUT2D eigenvalue weighted by Crippen LogP contribution is -2.31. The van der Waals surface area contributed by atoms with Crippen LogP contribution in [-0.4, -0.2) is 0 Å². The molecule has 0 fully saturated rings. The molecule has 0 aliphatic rings. The molecule has 0 bridgehead atoms. The fourth-order valence-corrected chi connectivity index (χ4v) is 11.0. The molecule has 0 spiro atoms. The zero-order valence-corrected chi connectivity index (χ0v) is 56.9. The first-order valence-electron chi connectivity index (χ1n) is 34.2. The van der Waals surface area contributed by atoms with Gasteiger partial charge in [0.15, 0.2) is 37.2 Å². The summed E-state index contributed by atoms with van der Waals surface area (Å²) in [5.41, 5.74) is 29.0. The maximum absolute atomic E-state index is 7.55. The molecule has 0 saturated carbocycles. The summed E-state index contributed by atoms with van der Waals surface area (Å²) >= 11 is 0. The van der Waals surface area contributed by atoms with Crippen molar-refractivity contribution in [2.45, 2.75) is 89.9 Å². The molecule has 6 heterocycles. The van der Waals surface area contributed by atoms with E-state index in [4.69, 9.17) is 8.22 Å². The van der Waals surface area contributed by atoms with Crippen LogP contribution in [0.15, 0.2) is 250 Å². The Kier molecular flexibility index (Phi) is 21.6. The SMILES string of the molecule is Cc1ccc(-c2cccc[n+]2C)c(C)c1.Cc1ccc(C)c(-c2cccc[n+]2C)c1.Cc1cccc(-c2cccc[n+]2C)c1C.Cc1cccc(-c2cccc[n+]2C)c1C.[2H]C([2H])([2H])c1c[n+](C)c(-c2ccccc2C)cc1C.[2H]C([2H])([2H])c1ccc(-c2cccc[n+]2C)c(C)c1. The van der Waals surface area contributed by atoms with Gasteiger partial charge in [-0.2, -0.15) is 0 Å². The normalized spacial score (nSPS) is 11.6. The molecule has 12 rings (SSSR count). The molecule has 6 nitrogen and oxygen atoms in total. The first-order chi connectivity index (χ1) is 46.0. The Hall–Kier alpha value is -9.78. The van der Waals surface area contributed by atoms with Crippen LogP contribution < -0.4 is 27.4 Å². The molecule has 91 heavy (non-hydrogen) atoms. The number of nitrogens with zero attached hydrogens (tertiary/aromatic N) is 6. The fraction of sp³-hybridized carbons (Fsp3) is 0.224. The van der Waals surface area contributed by atoms with Gasteiger partial charge >= 0.3 is 0 Å². The smallest absolute Gasteiger partial charge is 0.201 e. The van der Waals surface area contributed by atoms with E-state index in [1.54, 1.807) is 18.3 Å². The van der Waals surface area contributed by atoms with Gasteiger partial charge in [-0.25, -0.2) is 27.4 Å². The van der Waals surface area contributed by atoms with E-state index in [0.717, 1.165) is 33.6 Å². The molecule has 0 amide bonds. The molecule has 0 aliphatic carbocycles. The van der Waals surface area contributed by atoms with E-state index in [0.29, 0.717) is 11.1 Å². The molecule has 0 aliphatic heterocycles. The number of benzene rings is 6. The molecule has 462 valence electrons. The van der Waals surface area contributed by atoms with Crippen molar-refractivity contribution in [3.63, 3.8) is 0 Å². The van der Waals surface area contributed by atoms with Crippen LogP contribution in [0.3, 0.4) is 0 Å². The molecule has 0 N–H and O–H groups in total. The zero-order chi connectivity index (χ0) is 70.9. The lowest BCUT2D eigenvalue weighted by molar-refractivity contribution is -0.660. The second kappa shape index (κ2) is 32.6. The summed E-state index contributed by atoms with van der Waals surface area (Å²) < 4.78 is 57.4. The van der Waals surface area contributed by atoms with Crippen LogP contribution in [0.25, 0.3) is 67.5 Å². The third kappa shape index (κ3) is 18.4. The van der Waals surface area contributed by atoms with Gasteiger partial charge in [0.1, 0.15) is 42.3 Å². The van der Waals surface area contributed by atoms with Gasteiger partial charge in [-0.1, -0.05) is 95.6 Å². The van der Waals surface area contributed by atoms with E-state index in [-0.39, 0.29) is 0 Å². The van der Waals surface area contributed by atoms with Crippen LogP contribution in [-0.2, 0) is 42.3 Å². The Morgan fingerprint density at radius 1 is 0.220 bits per heavy atom. The molecule has 6 aromatic heterocycles. The van der Waals surface area contributed by atoms with E-state index in [9.17, 15) is 0 Å². The van der Waals surface area contributed by atoms with Gasteiger partial charge in [-0.3, -0.25) is 0 Å². The molecular weight excluding hydrogens is 1100 g/mol. The summed E-state index contributed by atoms with van der Waals surface area (Å²) in [5, 5.41) is 0. The quantitative estimate of drug-likeness (QED) is 0.148. The molecule has 6 heteroatoms. The van der Waals surface area contributed by atoms with Crippen LogP contribution in [0.5, 0.6) is 0 Å². The Bertz CT molecular complexity index is 4510. The lowest BCUT2D eigenvalue weighted by Gasteiger charge is -2.06. The number of aromatic nitrogens is 6. The van der Waals surface area contributed by atoms with Crippen molar-refractivity contribution < 1.29 is 35.6 Å². The van der Waals surface area contributed by atoms with Crippen molar-refractivity contribution in [1.29, 1.82) is 0 Å². The second-order valence-corrected chi connectivity index (χ2v) is 23.8. The molecule has 0 radical (unpaired) electrons. The zero-order valence-electron chi connectivity index (χ0n) is 62.9. The van der Waals surface area contributed by atoms with Crippen molar-refractivity contribution in [1.82, 2.24) is 0 Å². The average molecular weight is 1210 g/mol. The number of pyridine rings is 6. The minimum Gasteiger partial charge on any atom is -0.201 e. The van der Waals surface area contributed by atoms with E-state index < -0.39 is 13.7 Å². The Morgan fingerprint density at radius 2 is 0.560 bits per heavy atom. The monoisotopic (exact) mass is 1210 g/mol. The first kappa shape index (κ1) is 60.1. The molecule has 0 atom stereocenters. The maximum Gasteiger partial charge on any atom is 0.212 e. The Balaban J connectivity index is 0.000000164. The van der Waals surface area contributed by atoms with Crippen LogP contribution in [0, 0.1) is 89.9 Å². The van der Waals surface area contributed by atoms with Gasteiger partial charge in [-0.05, 0) is 207 Å². The van der Waals surface area contributed by atoms with Crippen molar-refractivity contribution in [2.75, 3.05) is 0 Å². The van der Waals surface area contributed by atoms with Gasteiger partial charge in [0.05, 0.1) is 0 Å². The van der Waals surface area contributed by atoms with Crippen molar-refractivity contribution in [2.24, 2.45) is 42.3 Å². The largest absolute Gasteiger partial charge is 0.212 e. The summed E-state index contributed by atoms with van der Waals surface area (Å²) in [6, 6.07) is 72.5. The predicted octanol–water partition coefficient (Wildman–Crippen LogP) is 17.1. The fourth-order valence-electron chi connectivity index (χ4n) is 11.0. The van der Waals surface area contributed by atoms with Gasteiger partial charge < -0.3 is 0 Å². The first-order valence-corrected chi connectivity index (χ1v) is 31.2. The second-order valence-electron chi connectivity index (χ2n) is 23.8. The summed E-state index contributed by atoms with van der Waals surface area (Å²) in [6.07, 6.45) is 12.0. The van der Waals surface area contributed by atoms with E-state index in [1.807, 2.05) is 91.8 Å². The number of aryl methyl sites for hydroxylation is 17. The van der Waals surface area contributed by atoms with Gasteiger partial charge in [-0.15, -0.1) is 0 Å². The van der Waals surface area contributed by atoms with E-state index in [1.165, 1.54) is 95.1 Å². The Morgan fingerprint density at radius 3 is 0.978 bits per heavy atom. The van der Waals surface area contributed by atoms with Crippen LogP contribution in [0.1, 0.15) is 80.5 Å². The average Bonchev–Trinajstić information content (AvgIpc) is 0.815. The van der Waals surface area contributed by atoms with Crippen molar-refractivity contribution in [3.05, 3.63) is 322 Å². The molecule has 6 aromatic carbocycles. The lowest BCUT2D eigenvalue weighted by atomic mass is 10.0. The van der Waals surface area contributed by atoms with Crippen molar-refractivity contribution in [3.8, 4) is 67.5 Å². The molecule has 12 aromatic rings. The van der Waals surface area contributed by atoms with Crippen molar-refractivity contribution >= 4 is 0 Å². The maximum atomic E-state index is 7.55. The van der Waals surface area contributed by atoms with Gasteiger partial charge in [0.2, 0.25) is 34.2 Å². The molecule has 0 saturated heterocycles. The summed E-state index contributed by atoms with van der Waals surface area (Å²) in [5.74, 6) is 0. The summed E-state index contributed by atoms with van der Waals surface area (Å²) in [4.78, 5) is 0. The van der Waals surface area contributed by atoms with Crippen LogP contribution in [0.4, 0.5) is 0 Å². The predicted molar refractivity (Wildman–Crippen MR) is 380 cm³/mol. The third-order valence-corrected chi connectivity index (χ3v) is 16.8. The third-order valence-electron chi connectivity index (χ3n) is 16.8. The minimum atomic E-state index is -2.06. The molecule has 0 unspecified atom stereocenters. The standard InChI is InChI=1S/C15H18N.5C14H16N/c1-11-7-5-6-8-14(11)15-9-12(2)13(3)10-16(15)4;2*1-11-7-6-8-13(12(11)2)14-9-4-5-10-15(14)3;2*1-11-7-8-13(12(2)10-11)14-6-4-5-9-15(14)3;1-11-7-8-12(2)13(10-11)14-6-4-5-9-15(14)3/h5-10H,1-4H3;5*4-10H,1-3H3/q6*+1/i3D3;;;1D3;;. The van der Waals surface area contributed by atoms with Crippen LogP contribution in [0.2, 0.25) is 0 Å². The highest BCUT2D eigenvalue weighted by Gasteiger charge is 2.17. The highest BCUT2D eigenvalue weighted by atomic mass is 14.9. The number of hydrogen-bond acceptors (Lipinski definition) is 0. The minimum absolute atomic E-state index is 0.391. The van der Waals surface area contributed by atoms with E-state index in [2.05, 4.69) is 285 Å². The topological polar surface area (TPSA) is 23.3 Å². The Labute approximate surface area is 554 Å². The van der Waals surface area contributed by atoms with Gasteiger partial charge in [0, 0.05) is 114 Å². The highest BCUT2D eigenvalue weighted by molar-refractivity contribution is 5.66. The number of rotatable bonds is 6. The summed E-state index contributed by atoms with van der Waals surface area (Å²) in [6.45, 7) is 19.0. The molecular formula is C85H98N6+6. The highest BCUT2D eigenvalue weighted by Crippen LogP contribution is 2.27. The number of hydrogen-bond donors (Lipinski definition) is 0. The van der Waals surface area contributed by atoms with Gasteiger partial charge in [0.25, 0.3) is 0 Å². The van der Waals surface area contributed by atoms with E-state index >= 15 is 0 Å². The van der Waals surface area contributed by atoms with Crippen LogP contribution >= 0.6 is 0 Å².